The predicted octanol–water partition coefficient (Wildman–Crippen LogP) is 0.371. The van der Waals surface area contributed by atoms with E-state index in [1.807, 2.05) is 6.92 Å². The van der Waals surface area contributed by atoms with Gasteiger partial charge in [0.25, 0.3) is 5.91 Å². The molecule has 18 heavy (non-hydrogen) atoms. The SMILES string of the molecule is CC(N)c1nc(C(=O)NCCC(=O)N(C)C)cs1. The van der Waals surface area contributed by atoms with Crippen molar-refractivity contribution < 1.29 is 9.59 Å². The summed E-state index contributed by atoms with van der Waals surface area (Å²) in [5.41, 5.74) is 6.02. The van der Waals surface area contributed by atoms with Crippen LogP contribution < -0.4 is 11.1 Å². The van der Waals surface area contributed by atoms with Crippen molar-refractivity contribution in [2.24, 2.45) is 5.73 Å². The largest absolute Gasteiger partial charge is 0.350 e. The third-order valence-corrected chi connectivity index (χ3v) is 3.31. The fourth-order valence-corrected chi connectivity index (χ4v) is 1.96. The molecule has 0 fully saturated rings. The summed E-state index contributed by atoms with van der Waals surface area (Å²) < 4.78 is 0. The molecule has 0 aromatic carbocycles. The molecule has 0 bridgehead atoms. The molecule has 7 heteroatoms. The lowest BCUT2D eigenvalue weighted by Crippen LogP contribution is -2.30. The number of amides is 2. The number of hydrogen-bond acceptors (Lipinski definition) is 5. The van der Waals surface area contributed by atoms with Gasteiger partial charge in [0, 0.05) is 32.4 Å². The second-order valence-electron chi connectivity index (χ2n) is 4.15. The Bertz CT molecular complexity index is 428. The molecule has 0 aliphatic heterocycles. The second-order valence-corrected chi connectivity index (χ2v) is 5.04. The van der Waals surface area contributed by atoms with E-state index in [1.54, 1.807) is 19.5 Å². The molecular formula is C11H18N4O2S. The Morgan fingerprint density at radius 3 is 2.72 bits per heavy atom. The Morgan fingerprint density at radius 1 is 1.56 bits per heavy atom. The maximum atomic E-state index is 11.7. The zero-order valence-corrected chi connectivity index (χ0v) is 11.6. The van der Waals surface area contributed by atoms with Crippen LogP contribution in [0.3, 0.4) is 0 Å². The van der Waals surface area contributed by atoms with E-state index in [2.05, 4.69) is 10.3 Å². The first-order chi connectivity index (χ1) is 8.41. The molecule has 3 N–H and O–H groups in total. The number of nitrogens with two attached hydrogens (primary N) is 1. The van der Waals surface area contributed by atoms with Crippen molar-refractivity contribution in [1.82, 2.24) is 15.2 Å². The van der Waals surface area contributed by atoms with E-state index in [1.165, 1.54) is 16.2 Å². The number of nitrogens with zero attached hydrogens (tertiary/aromatic N) is 2. The number of nitrogens with one attached hydrogen (secondary N) is 1. The fourth-order valence-electron chi connectivity index (χ4n) is 1.20. The smallest absolute Gasteiger partial charge is 0.270 e. The predicted molar refractivity (Wildman–Crippen MR) is 70.4 cm³/mol. The second kappa shape index (κ2) is 6.46. The fraction of sp³-hybridized carbons (Fsp3) is 0.545. The van der Waals surface area contributed by atoms with Crippen molar-refractivity contribution in [2.45, 2.75) is 19.4 Å². The molecule has 1 rings (SSSR count). The average Bonchev–Trinajstić information content (AvgIpc) is 2.77. The Morgan fingerprint density at radius 2 is 2.22 bits per heavy atom. The molecule has 6 nitrogen and oxygen atoms in total. The highest BCUT2D eigenvalue weighted by Gasteiger charge is 2.13. The number of aromatic nitrogens is 1. The topological polar surface area (TPSA) is 88.3 Å². The van der Waals surface area contributed by atoms with E-state index >= 15 is 0 Å². The third-order valence-electron chi connectivity index (χ3n) is 2.27. The highest BCUT2D eigenvalue weighted by molar-refractivity contribution is 7.09. The normalized spacial score (nSPS) is 12.0. The van der Waals surface area contributed by atoms with Gasteiger partial charge in [-0.1, -0.05) is 0 Å². The van der Waals surface area contributed by atoms with Crippen LogP contribution in [0.2, 0.25) is 0 Å². The first kappa shape index (κ1) is 14.6. The summed E-state index contributed by atoms with van der Waals surface area (Å²) >= 11 is 1.36. The van der Waals surface area contributed by atoms with Crippen molar-refractivity contribution in [3.8, 4) is 0 Å². The van der Waals surface area contributed by atoms with Gasteiger partial charge < -0.3 is 16.0 Å². The molecule has 2 amide bonds. The first-order valence-electron chi connectivity index (χ1n) is 5.61. The summed E-state index contributed by atoms with van der Waals surface area (Å²) in [5.74, 6) is -0.297. The number of carbonyl (C=O) groups excluding carboxylic acids is 2. The lowest BCUT2D eigenvalue weighted by atomic mass is 10.3. The van der Waals surface area contributed by atoms with Crippen LogP contribution in [0.5, 0.6) is 0 Å². The van der Waals surface area contributed by atoms with Crippen LogP contribution in [-0.2, 0) is 4.79 Å². The van der Waals surface area contributed by atoms with Crippen molar-refractivity contribution in [3.63, 3.8) is 0 Å². The lowest BCUT2D eigenvalue weighted by molar-refractivity contribution is -0.128. The standard InChI is InChI=1S/C11H18N4O2S/c1-7(12)11-14-8(6-18-11)10(17)13-5-4-9(16)15(2)3/h6-7H,4-5,12H2,1-3H3,(H,13,17). The van der Waals surface area contributed by atoms with Gasteiger partial charge in [0.2, 0.25) is 5.91 Å². The van der Waals surface area contributed by atoms with Gasteiger partial charge in [0.15, 0.2) is 0 Å². The number of hydrogen-bond donors (Lipinski definition) is 2. The van der Waals surface area contributed by atoms with E-state index < -0.39 is 0 Å². The Balaban J connectivity index is 2.43. The van der Waals surface area contributed by atoms with Crippen LogP contribution in [0.25, 0.3) is 0 Å². The van der Waals surface area contributed by atoms with E-state index in [9.17, 15) is 9.59 Å². The summed E-state index contributed by atoms with van der Waals surface area (Å²) in [6, 6.07) is -0.174. The highest BCUT2D eigenvalue weighted by Crippen LogP contribution is 2.15. The molecule has 0 spiro atoms. The van der Waals surface area contributed by atoms with Gasteiger partial charge >= 0.3 is 0 Å². The molecule has 1 aromatic heterocycles. The van der Waals surface area contributed by atoms with Gasteiger partial charge in [-0.2, -0.15) is 0 Å². The van der Waals surface area contributed by atoms with E-state index in [4.69, 9.17) is 5.73 Å². The van der Waals surface area contributed by atoms with Gasteiger partial charge in [-0.25, -0.2) is 4.98 Å². The zero-order chi connectivity index (χ0) is 13.7. The van der Waals surface area contributed by atoms with Crippen LogP contribution >= 0.6 is 11.3 Å². The molecule has 1 atom stereocenters. The van der Waals surface area contributed by atoms with Crippen LogP contribution in [0.1, 0.15) is 34.9 Å². The number of rotatable bonds is 5. The summed E-state index contributed by atoms with van der Waals surface area (Å²) in [4.78, 5) is 28.6. The van der Waals surface area contributed by atoms with Crippen molar-refractivity contribution in [1.29, 1.82) is 0 Å². The van der Waals surface area contributed by atoms with Gasteiger partial charge in [0.1, 0.15) is 10.7 Å². The lowest BCUT2D eigenvalue weighted by Gasteiger charge is -2.09. The summed E-state index contributed by atoms with van der Waals surface area (Å²) in [7, 11) is 3.36. The van der Waals surface area contributed by atoms with Gasteiger partial charge in [-0.15, -0.1) is 11.3 Å². The van der Waals surface area contributed by atoms with Crippen LogP contribution in [0.15, 0.2) is 5.38 Å². The van der Waals surface area contributed by atoms with Crippen LogP contribution in [0.4, 0.5) is 0 Å². The highest BCUT2D eigenvalue weighted by atomic mass is 32.1. The van der Waals surface area contributed by atoms with Gasteiger partial charge in [0.05, 0.1) is 6.04 Å². The molecule has 0 aliphatic carbocycles. The van der Waals surface area contributed by atoms with Crippen molar-refractivity contribution >= 4 is 23.2 Å². The molecule has 1 aromatic rings. The average molecular weight is 270 g/mol. The molecule has 0 radical (unpaired) electrons. The van der Waals surface area contributed by atoms with Crippen LogP contribution in [0, 0.1) is 0 Å². The third kappa shape index (κ3) is 4.08. The monoisotopic (exact) mass is 270 g/mol. The minimum atomic E-state index is -0.273. The maximum absolute atomic E-state index is 11.7. The summed E-state index contributed by atoms with van der Waals surface area (Å²) in [6.45, 7) is 2.12. The van der Waals surface area contributed by atoms with Gasteiger partial charge in [-0.3, -0.25) is 9.59 Å². The van der Waals surface area contributed by atoms with Crippen molar-refractivity contribution in [2.75, 3.05) is 20.6 Å². The minimum absolute atomic E-state index is 0.0233. The van der Waals surface area contributed by atoms with Crippen LogP contribution in [-0.4, -0.2) is 42.3 Å². The molecule has 100 valence electrons. The van der Waals surface area contributed by atoms with E-state index in [0.717, 1.165) is 5.01 Å². The quantitative estimate of drug-likeness (QED) is 0.809. The minimum Gasteiger partial charge on any atom is -0.350 e. The summed E-state index contributed by atoms with van der Waals surface area (Å²) in [6.07, 6.45) is 0.281. The van der Waals surface area contributed by atoms with E-state index in [-0.39, 0.29) is 24.3 Å². The van der Waals surface area contributed by atoms with E-state index in [0.29, 0.717) is 12.2 Å². The first-order valence-corrected chi connectivity index (χ1v) is 6.49. The Labute approximate surface area is 110 Å². The van der Waals surface area contributed by atoms with Crippen molar-refractivity contribution in [3.05, 3.63) is 16.1 Å². The molecule has 1 heterocycles. The molecule has 0 saturated heterocycles. The molecule has 0 saturated carbocycles. The maximum Gasteiger partial charge on any atom is 0.270 e. The zero-order valence-electron chi connectivity index (χ0n) is 10.8. The number of thiazole rings is 1. The Hall–Kier alpha value is -1.47. The number of carbonyl (C=O) groups is 2. The molecular weight excluding hydrogens is 252 g/mol. The molecule has 0 aliphatic rings. The summed E-state index contributed by atoms with van der Waals surface area (Å²) in [5, 5.41) is 5.05. The molecule has 1 unspecified atom stereocenters. The van der Waals surface area contributed by atoms with Gasteiger partial charge in [-0.05, 0) is 6.92 Å². The Kier molecular flexibility index (Phi) is 5.24.